The SMILES string of the molecule is O=C([O-])c1ccc(N/N=C\[C@@H]2CC=CCC2)cc1. The number of allylic oxidation sites excluding steroid dienone is 2. The van der Waals surface area contributed by atoms with Crippen molar-refractivity contribution in [1.82, 2.24) is 0 Å². The molecule has 0 amide bonds. The number of carboxylic acid groups (broad SMARTS) is 1. The molecule has 0 unspecified atom stereocenters. The van der Waals surface area contributed by atoms with Crippen LogP contribution in [0, 0.1) is 5.92 Å². The number of hydrogen-bond acceptors (Lipinski definition) is 4. The minimum absolute atomic E-state index is 0.168. The zero-order valence-electron chi connectivity index (χ0n) is 10.0. The summed E-state index contributed by atoms with van der Waals surface area (Å²) < 4.78 is 0. The Balaban J connectivity index is 1.87. The van der Waals surface area contributed by atoms with Crippen LogP contribution in [0.25, 0.3) is 0 Å². The first-order chi connectivity index (χ1) is 8.75. The number of carboxylic acids is 1. The van der Waals surface area contributed by atoms with E-state index in [-0.39, 0.29) is 5.56 Å². The van der Waals surface area contributed by atoms with Crippen molar-refractivity contribution in [2.45, 2.75) is 19.3 Å². The standard InChI is InChI=1S/C14H16N2O2/c17-14(18)12-6-8-13(9-7-12)16-15-10-11-4-2-1-3-5-11/h1-2,6-11,16H,3-5H2,(H,17,18)/p-1/b15-10-/t11-/m1/s1. The van der Waals surface area contributed by atoms with Gasteiger partial charge in [-0.3, -0.25) is 5.43 Å². The number of nitrogens with zero attached hydrogens (tertiary/aromatic N) is 1. The third-order valence-corrected chi connectivity index (χ3v) is 2.91. The topological polar surface area (TPSA) is 64.5 Å². The fourth-order valence-corrected chi connectivity index (χ4v) is 1.85. The molecule has 1 aromatic rings. The maximum Gasteiger partial charge on any atom is 0.0715 e. The molecule has 0 aliphatic heterocycles. The van der Waals surface area contributed by atoms with Crippen LogP contribution in [-0.2, 0) is 0 Å². The Kier molecular flexibility index (Phi) is 4.12. The average molecular weight is 243 g/mol. The molecule has 94 valence electrons. The van der Waals surface area contributed by atoms with Gasteiger partial charge in [-0.25, -0.2) is 0 Å². The Morgan fingerprint density at radius 1 is 1.33 bits per heavy atom. The van der Waals surface area contributed by atoms with Crippen molar-refractivity contribution in [1.29, 1.82) is 0 Å². The van der Waals surface area contributed by atoms with Gasteiger partial charge >= 0.3 is 0 Å². The normalized spacial score (nSPS) is 19.0. The van der Waals surface area contributed by atoms with E-state index in [1.165, 1.54) is 12.1 Å². The third-order valence-electron chi connectivity index (χ3n) is 2.91. The lowest BCUT2D eigenvalue weighted by molar-refractivity contribution is -0.255. The van der Waals surface area contributed by atoms with Gasteiger partial charge in [0.25, 0.3) is 0 Å². The van der Waals surface area contributed by atoms with Crippen molar-refractivity contribution in [3.63, 3.8) is 0 Å². The fourth-order valence-electron chi connectivity index (χ4n) is 1.85. The summed E-state index contributed by atoms with van der Waals surface area (Å²) in [4.78, 5) is 10.6. The Labute approximate surface area is 106 Å². The van der Waals surface area contributed by atoms with E-state index in [1.807, 2.05) is 6.21 Å². The molecule has 0 saturated carbocycles. The van der Waals surface area contributed by atoms with Crippen LogP contribution < -0.4 is 10.5 Å². The maximum atomic E-state index is 10.6. The highest BCUT2D eigenvalue weighted by Crippen LogP contribution is 2.16. The molecule has 1 aromatic carbocycles. The summed E-state index contributed by atoms with van der Waals surface area (Å²) in [7, 11) is 0. The minimum Gasteiger partial charge on any atom is -0.545 e. The molecule has 1 atom stereocenters. The summed E-state index contributed by atoms with van der Waals surface area (Å²) in [6.45, 7) is 0. The van der Waals surface area contributed by atoms with Gasteiger partial charge < -0.3 is 9.90 Å². The van der Waals surface area contributed by atoms with Crippen molar-refractivity contribution >= 4 is 17.9 Å². The Bertz CT molecular complexity index is 463. The molecule has 0 aromatic heterocycles. The van der Waals surface area contributed by atoms with Crippen LogP contribution in [0.2, 0.25) is 0 Å². The summed E-state index contributed by atoms with van der Waals surface area (Å²) in [6, 6.07) is 6.33. The van der Waals surface area contributed by atoms with Gasteiger partial charge in [0.2, 0.25) is 0 Å². The fraction of sp³-hybridized carbons (Fsp3) is 0.286. The highest BCUT2D eigenvalue weighted by molar-refractivity contribution is 5.86. The summed E-state index contributed by atoms with van der Waals surface area (Å²) in [5.41, 5.74) is 3.82. The number of aromatic carboxylic acids is 1. The maximum absolute atomic E-state index is 10.6. The van der Waals surface area contributed by atoms with Crippen molar-refractivity contribution < 1.29 is 9.90 Å². The molecule has 0 radical (unpaired) electrons. The molecule has 1 N–H and O–H groups in total. The lowest BCUT2D eigenvalue weighted by Gasteiger charge is -2.12. The van der Waals surface area contributed by atoms with E-state index in [2.05, 4.69) is 22.7 Å². The van der Waals surface area contributed by atoms with Crippen molar-refractivity contribution in [2.75, 3.05) is 5.43 Å². The van der Waals surface area contributed by atoms with E-state index >= 15 is 0 Å². The number of nitrogens with one attached hydrogen (secondary N) is 1. The first kappa shape index (κ1) is 12.4. The summed E-state index contributed by atoms with van der Waals surface area (Å²) in [6.07, 6.45) is 9.55. The molecule has 1 aliphatic carbocycles. The van der Waals surface area contributed by atoms with Crippen molar-refractivity contribution in [3.05, 3.63) is 42.0 Å². The van der Waals surface area contributed by atoms with Crippen LogP contribution in [0.3, 0.4) is 0 Å². The second-order valence-electron chi connectivity index (χ2n) is 4.30. The summed E-state index contributed by atoms with van der Waals surface area (Å²) >= 11 is 0. The molecule has 0 spiro atoms. The Morgan fingerprint density at radius 3 is 2.72 bits per heavy atom. The zero-order chi connectivity index (χ0) is 12.8. The number of anilines is 1. The predicted molar refractivity (Wildman–Crippen MR) is 69.4 cm³/mol. The first-order valence-electron chi connectivity index (χ1n) is 6.01. The zero-order valence-corrected chi connectivity index (χ0v) is 10.0. The number of benzene rings is 1. The largest absolute Gasteiger partial charge is 0.545 e. The van der Waals surface area contributed by atoms with Gasteiger partial charge in [-0.15, -0.1) is 0 Å². The van der Waals surface area contributed by atoms with Gasteiger partial charge in [-0.05, 0) is 42.9 Å². The van der Waals surface area contributed by atoms with Crippen molar-refractivity contribution in [3.8, 4) is 0 Å². The van der Waals surface area contributed by atoms with Crippen LogP contribution >= 0.6 is 0 Å². The summed E-state index contributed by atoms with van der Waals surface area (Å²) in [5, 5.41) is 14.7. The highest BCUT2D eigenvalue weighted by Gasteiger charge is 2.05. The lowest BCUT2D eigenvalue weighted by atomic mass is 9.96. The molecule has 4 nitrogen and oxygen atoms in total. The van der Waals surface area contributed by atoms with Crippen LogP contribution in [0.5, 0.6) is 0 Å². The quantitative estimate of drug-likeness (QED) is 0.498. The molecule has 18 heavy (non-hydrogen) atoms. The number of hydrogen-bond donors (Lipinski definition) is 1. The average Bonchev–Trinajstić information content (AvgIpc) is 2.40. The van der Waals surface area contributed by atoms with E-state index in [0.717, 1.165) is 24.9 Å². The molecule has 0 bridgehead atoms. The van der Waals surface area contributed by atoms with Crippen LogP contribution in [0.1, 0.15) is 29.6 Å². The van der Waals surface area contributed by atoms with Gasteiger partial charge in [-0.1, -0.05) is 24.3 Å². The minimum atomic E-state index is -1.17. The lowest BCUT2D eigenvalue weighted by Crippen LogP contribution is -2.21. The molecule has 0 heterocycles. The molecular formula is C14H15N2O2-. The van der Waals surface area contributed by atoms with Crippen LogP contribution in [-0.4, -0.2) is 12.2 Å². The van der Waals surface area contributed by atoms with E-state index < -0.39 is 5.97 Å². The van der Waals surface area contributed by atoms with Gasteiger partial charge in [0.1, 0.15) is 0 Å². The Morgan fingerprint density at radius 2 is 2.11 bits per heavy atom. The van der Waals surface area contributed by atoms with Gasteiger partial charge in [0.05, 0.1) is 11.7 Å². The molecular weight excluding hydrogens is 228 g/mol. The van der Waals surface area contributed by atoms with Crippen molar-refractivity contribution in [2.24, 2.45) is 11.0 Å². The predicted octanol–water partition coefficient (Wildman–Crippen LogP) is 1.80. The van der Waals surface area contributed by atoms with Crippen LogP contribution in [0.4, 0.5) is 5.69 Å². The van der Waals surface area contributed by atoms with Gasteiger partial charge in [-0.2, -0.15) is 5.10 Å². The summed E-state index contributed by atoms with van der Waals surface area (Å²) in [5.74, 6) is -0.677. The van der Waals surface area contributed by atoms with Crippen LogP contribution in [0.15, 0.2) is 41.5 Å². The third kappa shape index (κ3) is 3.45. The van der Waals surface area contributed by atoms with Gasteiger partial charge in [0, 0.05) is 6.21 Å². The van der Waals surface area contributed by atoms with E-state index in [4.69, 9.17) is 0 Å². The smallest absolute Gasteiger partial charge is 0.0715 e. The van der Waals surface area contributed by atoms with E-state index in [9.17, 15) is 9.90 Å². The molecule has 1 aliphatic rings. The molecule has 4 heteroatoms. The number of carbonyl (C=O) groups excluding carboxylic acids is 1. The molecule has 0 saturated heterocycles. The van der Waals surface area contributed by atoms with E-state index in [0.29, 0.717) is 5.92 Å². The highest BCUT2D eigenvalue weighted by atomic mass is 16.4. The number of rotatable bonds is 4. The number of hydrazone groups is 1. The number of carbonyl (C=O) groups is 1. The second kappa shape index (κ2) is 6.00. The van der Waals surface area contributed by atoms with E-state index in [1.54, 1.807) is 12.1 Å². The van der Waals surface area contributed by atoms with Gasteiger partial charge in [0.15, 0.2) is 0 Å². The molecule has 0 fully saturated rings. The second-order valence-corrected chi connectivity index (χ2v) is 4.30. The first-order valence-corrected chi connectivity index (χ1v) is 6.01. The monoisotopic (exact) mass is 243 g/mol. The molecule has 2 rings (SSSR count). The Hall–Kier alpha value is -2.10.